The van der Waals surface area contributed by atoms with Gasteiger partial charge in [0.15, 0.2) is 0 Å². The molecule has 7 nitrogen and oxygen atoms in total. The highest BCUT2D eigenvalue weighted by molar-refractivity contribution is 7.89. The highest BCUT2D eigenvalue weighted by Crippen LogP contribution is 2.20. The van der Waals surface area contributed by atoms with Gasteiger partial charge in [-0.3, -0.25) is 9.59 Å². The largest absolute Gasteiger partial charge is 0.354 e. The summed E-state index contributed by atoms with van der Waals surface area (Å²) in [6.07, 6.45) is -0.983. The van der Waals surface area contributed by atoms with Gasteiger partial charge in [0.2, 0.25) is 15.9 Å². The molecule has 1 aromatic rings. The molecule has 124 valence electrons. The quantitative estimate of drug-likeness (QED) is 0.811. The molecule has 0 aliphatic carbocycles. The van der Waals surface area contributed by atoms with E-state index in [1.807, 2.05) is 0 Å². The van der Waals surface area contributed by atoms with Gasteiger partial charge in [-0.15, -0.1) is 0 Å². The van der Waals surface area contributed by atoms with Crippen molar-refractivity contribution in [2.45, 2.75) is 11.1 Å². The SMILES string of the molecule is O=C1CN(S(=O)(=O)c2ccc(C(=O)N3CC(F)C3)cc2)CCN1. The summed E-state index contributed by atoms with van der Waals surface area (Å²) in [5, 5.41) is 2.56. The third-order valence-corrected chi connectivity index (χ3v) is 5.73. The number of rotatable bonds is 3. The van der Waals surface area contributed by atoms with Gasteiger partial charge in [-0.1, -0.05) is 0 Å². The summed E-state index contributed by atoms with van der Waals surface area (Å²) in [7, 11) is -3.77. The van der Waals surface area contributed by atoms with Crippen LogP contribution in [0.15, 0.2) is 29.2 Å². The molecule has 2 saturated heterocycles. The molecule has 0 spiro atoms. The van der Waals surface area contributed by atoms with Crippen LogP contribution in [0.4, 0.5) is 4.39 Å². The van der Waals surface area contributed by atoms with Crippen molar-refractivity contribution in [1.82, 2.24) is 14.5 Å². The third kappa shape index (κ3) is 3.06. The normalized spacial score (nSPS) is 20.0. The molecule has 0 saturated carbocycles. The maximum absolute atomic E-state index is 12.8. The number of sulfonamides is 1. The van der Waals surface area contributed by atoms with Crippen molar-refractivity contribution >= 4 is 21.8 Å². The van der Waals surface area contributed by atoms with Crippen molar-refractivity contribution in [3.8, 4) is 0 Å². The van der Waals surface area contributed by atoms with Crippen LogP contribution < -0.4 is 5.32 Å². The number of hydrogen-bond donors (Lipinski definition) is 1. The number of amides is 2. The minimum absolute atomic E-state index is 0.0238. The molecule has 2 aliphatic heterocycles. The maximum Gasteiger partial charge on any atom is 0.254 e. The Kier molecular flexibility index (Phi) is 4.07. The van der Waals surface area contributed by atoms with Gasteiger partial charge in [-0.25, -0.2) is 12.8 Å². The smallest absolute Gasteiger partial charge is 0.254 e. The van der Waals surface area contributed by atoms with Crippen molar-refractivity contribution in [3.63, 3.8) is 0 Å². The molecule has 0 aromatic heterocycles. The molecule has 9 heteroatoms. The van der Waals surface area contributed by atoms with Crippen LogP contribution in [0.25, 0.3) is 0 Å². The zero-order valence-electron chi connectivity index (χ0n) is 12.2. The van der Waals surface area contributed by atoms with Gasteiger partial charge in [-0.05, 0) is 24.3 Å². The number of piperazine rings is 1. The highest BCUT2D eigenvalue weighted by atomic mass is 32.2. The molecule has 2 aliphatic rings. The molecule has 0 atom stereocenters. The van der Waals surface area contributed by atoms with Gasteiger partial charge in [0.1, 0.15) is 6.17 Å². The predicted molar refractivity (Wildman–Crippen MR) is 79.0 cm³/mol. The topological polar surface area (TPSA) is 86.8 Å². The summed E-state index contributed by atoms with van der Waals surface area (Å²) in [4.78, 5) is 24.8. The Labute approximate surface area is 133 Å². The van der Waals surface area contributed by atoms with Gasteiger partial charge in [0, 0.05) is 18.7 Å². The molecular formula is C14H16FN3O4S. The number of carbonyl (C=O) groups excluding carboxylic acids is 2. The standard InChI is InChI=1S/C14H16FN3O4S/c15-11-7-17(8-11)14(20)10-1-3-12(4-2-10)23(21,22)18-6-5-16-13(19)9-18/h1-4,11H,5-9H2,(H,16,19). The van der Waals surface area contributed by atoms with Gasteiger partial charge in [-0.2, -0.15) is 4.31 Å². The Bertz CT molecular complexity index is 729. The van der Waals surface area contributed by atoms with Crippen molar-refractivity contribution in [1.29, 1.82) is 0 Å². The van der Waals surface area contributed by atoms with Gasteiger partial charge in [0.05, 0.1) is 24.5 Å². The Morgan fingerprint density at radius 3 is 2.43 bits per heavy atom. The van der Waals surface area contributed by atoms with Crippen molar-refractivity contribution in [3.05, 3.63) is 29.8 Å². The van der Waals surface area contributed by atoms with E-state index in [-0.39, 0.29) is 49.4 Å². The molecular weight excluding hydrogens is 325 g/mol. The number of carbonyl (C=O) groups is 2. The second-order valence-corrected chi connectivity index (χ2v) is 7.46. The summed E-state index contributed by atoms with van der Waals surface area (Å²) in [6, 6.07) is 5.49. The zero-order chi connectivity index (χ0) is 16.6. The second kappa shape index (κ2) is 5.89. The van der Waals surface area contributed by atoms with Crippen LogP contribution in [0.3, 0.4) is 0 Å². The molecule has 23 heavy (non-hydrogen) atoms. The molecule has 0 radical (unpaired) electrons. The fraction of sp³-hybridized carbons (Fsp3) is 0.429. The van der Waals surface area contributed by atoms with Crippen LogP contribution >= 0.6 is 0 Å². The predicted octanol–water partition coefficient (Wildman–Crippen LogP) is -0.399. The van der Waals surface area contributed by atoms with E-state index in [4.69, 9.17) is 0 Å². The number of likely N-dealkylation sites (tertiary alicyclic amines) is 1. The Balaban J connectivity index is 1.76. The molecule has 0 bridgehead atoms. The van der Waals surface area contributed by atoms with Crippen molar-refractivity contribution in [2.24, 2.45) is 0 Å². The molecule has 1 aromatic carbocycles. The average molecular weight is 341 g/mol. The maximum atomic E-state index is 12.8. The fourth-order valence-electron chi connectivity index (χ4n) is 2.51. The zero-order valence-corrected chi connectivity index (χ0v) is 13.1. The number of halogens is 1. The van der Waals surface area contributed by atoms with Crippen LogP contribution in [-0.4, -0.2) is 68.3 Å². The van der Waals surface area contributed by atoms with Gasteiger partial charge in [0.25, 0.3) is 5.91 Å². The number of benzene rings is 1. The molecule has 3 rings (SSSR count). The van der Waals surface area contributed by atoms with E-state index < -0.39 is 16.2 Å². The molecule has 2 amide bonds. The first kappa shape index (κ1) is 15.9. The van der Waals surface area contributed by atoms with Crippen molar-refractivity contribution in [2.75, 3.05) is 32.7 Å². The van der Waals surface area contributed by atoms with Crippen LogP contribution in [0, 0.1) is 0 Å². The fourth-order valence-corrected chi connectivity index (χ4v) is 3.91. The number of alkyl halides is 1. The lowest BCUT2D eigenvalue weighted by Crippen LogP contribution is -2.51. The Morgan fingerprint density at radius 1 is 1.22 bits per heavy atom. The summed E-state index contributed by atoms with van der Waals surface area (Å²) >= 11 is 0. The van der Waals surface area contributed by atoms with Gasteiger partial charge < -0.3 is 10.2 Å². The van der Waals surface area contributed by atoms with Gasteiger partial charge >= 0.3 is 0 Å². The van der Waals surface area contributed by atoms with E-state index >= 15 is 0 Å². The van der Waals surface area contributed by atoms with E-state index in [1.165, 1.54) is 29.2 Å². The van der Waals surface area contributed by atoms with Crippen LogP contribution in [0.5, 0.6) is 0 Å². The molecule has 1 N–H and O–H groups in total. The Hall–Kier alpha value is -2.00. The minimum Gasteiger partial charge on any atom is -0.354 e. The third-order valence-electron chi connectivity index (χ3n) is 3.87. The summed E-state index contributed by atoms with van der Waals surface area (Å²) in [6.45, 7) is 0.409. The summed E-state index contributed by atoms with van der Waals surface area (Å²) < 4.78 is 38.8. The van der Waals surface area contributed by atoms with E-state index in [0.717, 1.165) is 4.31 Å². The number of nitrogens with one attached hydrogen (secondary N) is 1. The van der Waals surface area contributed by atoms with E-state index in [1.54, 1.807) is 0 Å². The first-order chi connectivity index (χ1) is 10.9. The lowest BCUT2D eigenvalue weighted by molar-refractivity contribution is -0.122. The van der Waals surface area contributed by atoms with E-state index in [2.05, 4.69) is 5.32 Å². The van der Waals surface area contributed by atoms with E-state index in [0.29, 0.717) is 5.56 Å². The first-order valence-corrected chi connectivity index (χ1v) is 8.62. The average Bonchev–Trinajstić information content (AvgIpc) is 2.51. The van der Waals surface area contributed by atoms with Crippen LogP contribution in [0.2, 0.25) is 0 Å². The minimum atomic E-state index is -3.77. The first-order valence-electron chi connectivity index (χ1n) is 7.18. The van der Waals surface area contributed by atoms with Crippen LogP contribution in [0.1, 0.15) is 10.4 Å². The molecule has 2 fully saturated rings. The van der Waals surface area contributed by atoms with Crippen molar-refractivity contribution < 1.29 is 22.4 Å². The lowest BCUT2D eigenvalue weighted by Gasteiger charge is -2.34. The molecule has 2 heterocycles. The monoisotopic (exact) mass is 341 g/mol. The van der Waals surface area contributed by atoms with E-state index in [9.17, 15) is 22.4 Å². The number of hydrogen-bond acceptors (Lipinski definition) is 4. The summed E-state index contributed by atoms with van der Waals surface area (Å²) in [5.41, 5.74) is 0.312. The molecule has 0 unspecified atom stereocenters. The number of nitrogens with zero attached hydrogens (tertiary/aromatic N) is 2. The van der Waals surface area contributed by atoms with Crippen LogP contribution in [-0.2, 0) is 14.8 Å². The lowest BCUT2D eigenvalue weighted by atomic mass is 10.1. The Morgan fingerprint density at radius 2 is 1.87 bits per heavy atom. The second-order valence-electron chi connectivity index (χ2n) is 5.52. The summed E-state index contributed by atoms with van der Waals surface area (Å²) in [5.74, 6) is -0.662. The highest BCUT2D eigenvalue weighted by Gasteiger charge is 2.32.